The van der Waals surface area contributed by atoms with Gasteiger partial charge < -0.3 is 0 Å². The third kappa shape index (κ3) is 3.16. The highest BCUT2D eigenvalue weighted by Crippen LogP contribution is 2.38. The molecule has 19 heavy (non-hydrogen) atoms. The first-order chi connectivity index (χ1) is 8.90. The topological polar surface area (TPSA) is 0 Å². The van der Waals surface area contributed by atoms with E-state index in [4.69, 9.17) is 23.2 Å². The van der Waals surface area contributed by atoms with Crippen LogP contribution in [0, 0.1) is 20.8 Å². The molecule has 0 spiro atoms. The second kappa shape index (κ2) is 5.87. The highest BCUT2D eigenvalue weighted by atomic mass is 79.9. The summed E-state index contributed by atoms with van der Waals surface area (Å²) in [5, 5.41) is 0.468. The molecule has 3 heteroatoms. The second-order valence-corrected chi connectivity index (χ2v) is 6.60. The van der Waals surface area contributed by atoms with Crippen LogP contribution in [0.15, 0.2) is 34.8 Å². The minimum Gasteiger partial charge on any atom is -0.113 e. The molecule has 100 valence electrons. The number of halogens is 3. The number of hydrogen-bond donors (Lipinski definition) is 0. The van der Waals surface area contributed by atoms with Gasteiger partial charge in [-0.3, -0.25) is 0 Å². The van der Waals surface area contributed by atoms with Crippen molar-refractivity contribution >= 4 is 39.1 Å². The van der Waals surface area contributed by atoms with E-state index < -0.39 is 0 Å². The molecule has 1 unspecified atom stereocenters. The molecule has 0 aliphatic carbocycles. The van der Waals surface area contributed by atoms with E-state index in [2.05, 4.69) is 48.8 Å². The lowest BCUT2D eigenvalue weighted by Gasteiger charge is -2.18. The molecule has 1 atom stereocenters. The fraction of sp³-hybridized carbons (Fsp3) is 0.250. The summed E-state index contributed by atoms with van der Waals surface area (Å²) in [5.41, 5.74) is 5.76. The molecule has 2 rings (SSSR count). The lowest BCUT2D eigenvalue weighted by Crippen LogP contribution is -2.01. The van der Waals surface area contributed by atoms with Gasteiger partial charge in [0, 0.05) is 9.50 Å². The first kappa shape index (κ1) is 14.9. The SMILES string of the molecule is Cc1cc(C)c(C(Cl)c2ccc(Br)cc2Cl)c(C)c1. The Bertz CT molecular complexity index is 597. The minimum absolute atomic E-state index is 0.221. The van der Waals surface area contributed by atoms with E-state index in [0.717, 1.165) is 15.6 Å². The predicted octanol–water partition coefficient (Wildman–Crippen LogP) is 6.36. The van der Waals surface area contributed by atoms with Crippen molar-refractivity contribution in [2.45, 2.75) is 26.1 Å². The fourth-order valence-electron chi connectivity index (χ4n) is 2.45. The Labute approximate surface area is 132 Å². The summed E-state index contributed by atoms with van der Waals surface area (Å²) in [6.45, 7) is 6.29. The van der Waals surface area contributed by atoms with E-state index >= 15 is 0 Å². The zero-order chi connectivity index (χ0) is 14.2. The molecule has 2 aromatic rings. The van der Waals surface area contributed by atoms with Crippen molar-refractivity contribution in [1.29, 1.82) is 0 Å². The summed E-state index contributed by atoms with van der Waals surface area (Å²) in [7, 11) is 0. The van der Waals surface area contributed by atoms with Gasteiger partial charge in [-0.15, -0.1) is 11.6 Å². The van der Waals surface area contributed by atoms with E-state index in [0.29, 0.717) is 5.02 Å². The van der Waals surface area contributed by atoms with Crippen LogP contribution < -0.4 is 0 Å². The summed E-state index contributed by atoms with van der Waals surface area (Å²) in [5.74, 6) is 0. The molecule has 0 aromatic heterocycles. The average Bonchev–Trinajstić information content (AvgIpc) is 2.26. The van der Waals surface area contributed by atoms with Crippen LogP contribution in [0.2, 0.25) is 5.02 Å². The van der Waals surface area contributed by atoms with Crippen LogP contribution in [0.1, 0.15) is 33.2 Å². The van der Waals surface area contributed by atoms with Gasteiger partial charge in [0.2, 0.25) is 0 Å². The Morgan fingerprint density at radius 1 is 1.00 bits per heavy atom. The Hall–Kier alpha value is -0.500. The normalized spacial score (nSPS) is 12.5. The minimum atomic E-state index is -0.221. The molecular weight excluding hydrogens is 343 g/mol. The van der Waals surface area contributed by atoms with Crippen molar-refractivity contribution in [1.82, 2.24) is 0 Å². The Morgan fingerprint density at radius 3 is 2.11 bits per heavy atom. The predicted molar refractivity (Wildman–Crippen MR) is 87.5 cm³/mol. The van der Waals surface area contributed by atoms with Crippen LogP contribution in [0.4, 0.5) is 0 Å². The number of rotatable bonds is 2. The summed E-state index contributed by atoms with van der Waals surface area (Å²) in [6.07, 6.45) is 0. The van der Waals surface area contributed by atoms with E-state index in [-0.39, 0.29) is 5.38 Å². The maximum absolute atomic E-state index is 6.65. The van der Waals surface area contributed by atoms with Crippen molar-refractivity contribution in [3.63, 3.8) is 0 Å². The van der Waals surface area contributed by atoms with Crippen LogP contribution in [-0.4, -0.2) is 0 Å². The van der Waals surface area contributed by atoms with Gasteiger partial charge in [-0.1, -0.05) is 51.3 Å². The monoisotopic (exact) mass is 356 g/mol. The van der Waals surface area contributed by atoms with Gasteiger partial charge in [0.1, 0.15) is 0 Å². The fourth-order valence-corrected chi connectivity index (χ4v) is 3.83. The first-order valence-corrected chi connectivity index (χ1v) is 7.67. The van der Waals surface area contributed by atoms with Gasteiger partial charge in [-0.2, -0.15) is 0 Å². The summed E-state index contributed by atoms with van der Waals surface area (Å²) < 4.78 is 0.961. The molecule has 0 heterocycles. The average molecular weight is 358 g/mol. The second-order valence-electron chi connectivity index (χ2n) is 4.84. The zero-order valence-electron chi connectivity index (χ0n) is 11.1. The van der Waals surface area contributed by atoms with Gasteiger partial charge in [-0.05, 0) is 55.2 Å². The summed E-state index contributed by atoms with van der Waals surface area (Å²) in [4.78, 5) is 0. The van der Waals surface area contributed by atoms with Crippen LogP contribution in [0.5, 0.6) is 0 Å². The standard InChI is InChI=1S/C16H15BrCl2/c1-9-6-10(2)15(11(3)7-9)16(19)13-5-4-12(17)8-14(13)18/h4-8,16H,1-3H3. The molecule has 0 bridgehead atoms. The molecular formula is C16H15BrCl2. The molecule has 2 aromatic carbocycles. The maximum Gasteiger partial charge on any atom is 0.0854 e. The van der Waals surface area contributed by atoms with Crippen LogP contribution >= 0.6 is 39.1 Å². The van der Waals surface area contributed by atoms with Gasteiger partial charge in [0.15, 0.2) is 0 Å². The molecule has 0 N–H and O–H groups in total. The highest BCUT2D eigenvalue weighted by molar-refractivity contribution is 9.10. The van der Waals surface area contributed by atoms with E-state index in [1.165, 1.54) is 16.7 Å². The molecule has 0 nitrogen and oxygen atoms in total. The van der Waals surface area contributed by atoms with Crippen molar-refractivity contribution in [3.8, 4) is 0 Å². The van der Waals surface area contributed by atoms with Crippen molar-refractivity contribution < 1.29 is 0 Å². The molecule has 0 radical (unpaired) electrons. The smallest absolute Gasteiger partial charge is 0.0854 e. The Balaban J connectivity index is 2.53. The first-order valence-electron chi connectivity index (χ1n) is 6.07. The van der Waals surface area contributed by atoms with E-state index in [1.54, 1.807) is 0 Å². The summed E-state index contributed by atoms with van der Waals surface area (Å²) in [6, 6.07) is 10.1. The summed E-state index contributed by atoms with van der Waals surface area (Å²) >= 11 is 16.4. The highest BCUT2D eigenvalue weighted by Gasteiger charge is 2.18. The largest absolute Gasteiger partial charge is 0.113 e. The van der Waals surface area contributed by atoms with Crippen molar-refractivity contribution in [2.24, 2.45) is 0 Å². The third-order valence-electron chi connectivity index (χ3n) is 3.23. The lowest BCUT2D eigenvalue weighted by molar-refractivity contribution is 1.07. The van der Waals surface area contributed by atoms with Crippen LogP contribution in [-0.2, 0) is 0 Å². The quantitative estimate of drug-likeness (QED) is 0.549. The Kier molecular flexibility index (Phi) is 4.60. The van der Waals surface area contributed by atoms with Crippen molar-refractivity contribution in [2.75, 3.05) is 0 Å². The number of alkyl halides is 1. The van der Waals surface area contributed by atoms with Crippen LogP contribution in [0.3, 0.4) is 0 Å². The van der Waals surface area contributed by atoms with Gasteiger partial charge in [0.25, 0.3) is 0 Å². The van der Waals surface area contributed by atoms with Crippen molar-refractivity contribution in [3.05, 3.63) is 67.6 Å². The van der Waals surface area contributed by atoms with E-state index in [1.807, 2.05) is 18.2 Å². The number of aryl methyl sites for hydroxylation is 3. The maximum atomic E-state index is 6.65. The van der Waals surface area contributed by atoms with Gasteiger partial charge in [-0.25, -0.2) is 0 Å². The zero-order valence-corrected chi connectivity index (χ0v) is 14.2. The van der Waals surface area contributed by atoms with Gasteiger partial charge in [0.05, 0.1) is 5.38 Å². The molecule has 0 fully saturated rings. The Morgan fingerprint density at radius 2 is 1.58 bits per heavy atom. The third-order valence-corrected chi connectivity index (χ3v) is 4.50. The van der Waals surface area contributed by atoms with Gasteiger partial charge >= 0.3 is 0 Å². The van der Waals surface area contributed by atoms with Crippen LogP contribution in [0.25, 0.3) is 0 Å². The number of hydrogen-bond acceptors (Lipinski definition) is 0. The molecule has 0 aliphatic heterocycles. The lowest BCUT2D eigenvalue weighted by atomic mass is 9.94. The molecule has 0 saturated heterocycles. The number of benzene rings is 2. The molecule has 0 amide bonds. The molecule has 0 saturated carbocycles. The van der Waals surface area contributed by atoms with E-state index in [9.17, 15) is 0 Å². The molecule has 0 aliphatic rings.